The summed E-state index contributed by atoms with van der Waals surface area (Å²) in [5.74, 6) is 0.614. The van der Waals surface area contributed by atoms with Crippen molar-refractivity contribution in [3.8, 4) is 0 Å². The van der Waals surface area contributed by atoms with Crippen molar-refractivity contribution in [1.82, 2.24) is 9.78 Å². The molecule has 0 aliphatic rings. The van der Waals surface area contributed by atoms with Crippen LogP contribution in [0.3, 0.4) is 0 Å². The minimum Gasteiger partial charge on any atom is -0.293 e. The second-order valence-corrected chi connectivity index (χ2v) is 5.16. The summed E-state index contributed by atoms with van der Waals surface area (Å²) in [6.07, 6.45) is 4.69. The molecule has 4 heteroatoms. The van der Waals surface area contributed by atoms with Gasteiger partial charge >= 0.3 is 0 Å². The molecular formula is C14H16N2OS. The summed E-state index contributed by atoms with van der Waals surface area (Å²) in [6, 6.07) is 7.85. The highest BCUT2D eigenvalue weighted by Crippen LogP contribution is 2.18. The summed E-state index contributed by atoms with van der Waals surface area (Å²) in [5, 5.41) is 4.07. The van der Waals surface area contributed by atoms with E-state index in [9.17, 15) is 4.79 Å². The number of benzene rings is 1. The van der Waals surface area contributed by atoms with Gasteiger partial charge in [-0.1, -0.05) is 31.2 Å². The van der Waals surface area contributed by atoms with Gasteiger partial charge in [-0.25, -0.2) is 0 Å². The Morgan fingerprint density at radius 1 is 1.33 bits per heavy atom. The summed E-state index contributed by atoms with van der Waals surface area (Å²) in [5.41, 5.74) is 2.04. The standard InChI is InChI=1S/C14H16N2OS/c1-3-11-4-6-12(7-5-11)14(17)10-18-13-8-15-16(2)9-13/h4-9H,3,10H2,1-2H3. The monoisotopic (exact) mass is 260 g/mol. The topological polar surface area (TPSA) is 34.9 Å². The zero-order valence-electron chi connectivity index (χ0n) is 10.6. The van der Waals surface area contributed by atoms with Crippen molar-refractivity contribution in [2.45, 2.75) is 18.2 Å². The highest BCUT2D eigenvalue weighted by molar-refractivity contribution is 8.00. The van der Waals surface area contributed by atoms with E-state index < -0.39 is 0 Å². The summed E-state index contributed by atoms with van der Waals surface area (Å²) < 4.78 is 1.74. The third kappa shape index (κ3) is 3.23. The Morgan fingerprint density at radius 2 is 2.06 bits per heavy atom. The van der Waals surface area contributed by atoms with E-state index in [0.717, 1.165) is 16.9 Å². The number of rotatable bonds is 5. The van der Waals surface area contributed by atoms with Crippen molar-refractivity contribution in [2.24, 2.45) is 7.05 Å². The molecule has 0 spiro atoms. The van der Waals surface area contributed by atoms with Crippen molar-refractivity contribution < 1.29 is 4.79 Å². The molecule has 2 aromatic rings. The fraction of sp³-hybridized carbons (Fsp3) is 0.286. The van der Waals surface area contributed by atoms with E-state index in [0.29, 0.717) is 5.75 Å². The molecule has 0 atom stereocenters. The number of ketones is 1. The van der Waals surface area contributed by atoms with Gasteiger partial charge in [-0.3, -0.25) is 9.48 Å². The van der Waals surface area contributed by atoms with E-state index in [1.54, 1.807) is 10.9 Å². The molecule has 0 amide bonds. The summed E-state index contributed by atoms with van der Waals surface area (Å²) in [7, 11) is 1.87. The molecule has 0 radical (unpaired) electrons. The minimum absolute atomic E-state index is 0.159. The lowest BCUT2D eigenvalue weighted by molar-refractivity contribution is 0.102. The molecule has 1 aromatic carbocycles. The summed E-state index contributed by atoms with van der Waals surface area (Å²) in [4.78, 5) is 13.0. The van der Waals surface area contributed by atoms with Crippen LogP contribution in [0.25, 0.3) is 0 Å². The third-order valence-electron chi connectivity index (χ3n) is 2.74. The first-order chi connectivity index (χ1) is 8.69. The third-order valence-corrected chi connectivity index (χ3v) is 3.69. The average Bonchev–Trinajstić information content (AvgIpc) is 2.82. The fourth-order valence-electron chi connectivity index (χ4n) is 1.63. The molecule has 0 aliphatic carbocycles. The van der Waals surface area contributed by atoms with Crippen molar-refractivity contribution in [3.63, 3.8) is 0 Å². The van der Waals surface area contributed by atoms with Crippen LogP contribution in [0.5, 0.6) is 0 Å². The lowest BCUT2D eigenvalue weighted by atomic mass is 10.1. The zero-order chi connectivity index (χ0) is 13.0. The van der Waals surface area contributed by atoms with Gasteiger partial charge in [0.15, 0.2) is 5.78 Å². The molecule has 1 heterocycles. The van der Waals surface area contributed by atoms with E-state index >= 15 is 0 Å². The van der Waals surface area contributed by atoms with Crippen molar-refractivity contribution in [2.75, 3.05) is 5.75 Å². The first-order valence-corrected chi connectivity index (χ1v) is 6.91. The second-order valence-electron chi connectivity index (χ2n) is 4.11. The predicted octanol–water partition coefficient (Wildman–Crippen LogP) is 2.96. The Kier molecular flexibility index (Phi) is 4.20. The molecule has 0 unspecified atom stereocenters. The second kappa shape index (κ2) is 5.87. The Morgan fingerprint density at radius 3 is 2.61 bits per heavy atom. The first kappa shape index (κ1) is 12.9. The van der Waals surface area contributed by atoms with Gasteiger partial charge in [0.2, 0.25) is 0 Å². The number of Topliss-reactive ketones (excluding diaryl/α,β-unsaturated/α-hetero) is 1. The number of aryl methyl sites for hydroxylation is 2. The molecule has 0 bridgehead atoms. The number of thioether (sulfide) groups is 1. The van der Waals surface area contributed by atoms with Gasteiger partial charge < -0.3 is 0 Å². The van der Waals surface area contributed by atoms with Crippen molar-refractivity contribution in [1.29, 1.82) is 0 Å². The zero-order valence-corrected chi connectivity index (χ0v) is 11.4. The Balaban J connectivity index is 1.94. The van der Waals surface area contributed by atoms with Gasteiger partial charge in [0.05, 0.1) is 11.9 Å². The minimum atomic E-state index is 0.159. The molecule has 3 nitrogen and oxygen atoms in total. The maximum Gasteiger partial charge on any atom is 0.173 e. The molecule has 18 heavy (non-hydrogen) atoms. The number of carbonyl (C=O) groups excluding carboxylic acids is 1. The van der Waals surface area contributed by atoms with Crippen LogP contribution in [0, 0.1) is 0 Å². The van der Waals surface area contributed by atoms with Gasteiger partial charge in [-0.2, -0.15) is 5.10 Å². The van der Waals surface area contributed by atoms with Crippen LogP contribution < -0.4 is 0 Å². The SMILES string of the molecule is CCc1ccc(C(=O)CSc2cnn(C)c2)cc1. The quantitative estimate of drug-likeness (QED) is 0.612. The normalized spacial score (nSPS) is 10.6. The smallest absolute Gasteiger partial charge is 0.173 e. The van der Waals surface area contributed by atoms with Crippen LogP contribution in [0.2, 0.25) is 0 Å². The van der Waals surface area contributed by atoms with Crippen LogP contribution in [-0.4, -0.2) is 21.3 Å². The van der Waals surface area contributed by atoms with E-state index in [1.807, 2.05) is 37.5 Å². The molecule has 0 saturated heterocycles. The van der Waals surface area contributed by atoms with Crippen LogP contribution in [-0.2, 0) is 13.5 Å². The van der Waals surface area contributed by atoms with Gasteiger partial charge in [0.25, 0.3) is 0 Å². The van der Waals surface area contributed by atoms with Crippen LogP contribution in [0.4, 0.5) is 0 Å². The molecule has 0 N–H and O–H groups in total. The average molecular weight is 260 g/mol. The Labute approximate surface area is 111 Å². The summed E-state index contributed by atoms with van der Waals surface area (Å²) in [6.45, 7) is 2.11. The Bertz CT molecular complexity index is 531. The van der Waals surface area contributed by atoms with Gasteiger partial charge in [-0.15, -0.1) is 11.8 Å². The highest BCUT2D eigenvalue weighted by atomic mass is 32.2. The lowest BCUT2D eigenvalue weighted by Gasteiger charge is -2.01. The van der Waals surface area contributed by atoms with Gasteiger partial charge in [0.1, 0.15) is 0 Å². The number of aromatic nitrogens is 2. The molecule has 0 saturated carbocycles. The van der Waals surface area contributed by atoms with Crippen molar-refractivity contribution in [3.05, 3.63) is 47.8 Å². The Hall–Kier alpha value is -1.55. The van der Waals surface area contributed by atoms with E-state index in [1.165, 1.54) is 17.3 Å². The summed E-state index contributed by atoms with van der Waals surface area (Å²) >= 11 is 1.52. The fourth-order valence-corrected chi connectivity index (χ4v) is 2.45. The number of hydrogen-bond donors (Lipinski definition) is 0. The van der Waals surface area contributed by atoms with E-state index in [4.69, 9.17) is 0 Å². The first-order valence-electron chi connectivity index (χ1n) is 5.92. The largest absolute Gasteiger partial charge is 0.293 e. The molecule has 94 valence electrons. The van der Waals surface area contributed by atoms with Crippen LogP contribution in [0.15, 0.2) is 41.6 Å². The lowest BCUT2D eigenvalue weighted by Crippen LogP contribution is -2.02. The molecule has 0 aliphatic heterocycles. The van der Waals surface area contributed by atoms with E-state index in [-0.39, 0.29) is 5.78 Å². The van der Waals surface area contributed by atoms with Crippen LogP contribution in [0.1, 0.15) is 22.8 Å². The van der Waals surface area contributed by atoms with E-state index in [2.05, 4.69) is 12.0 Å². The molecule has 2 rings (SSSR count). The van der Waals surface area contributed by atoms with Gasteiger partial charge in [0, 0.05) is 23.7 Å². The van der Waals surface area contributed by atoms with Crippen molar-refractivity contribution >= 4 is 17.5 Å². The predicted molar refractivity (Wildman–Crippen MR) is 74.1 cm³/mol. The van der Waals surface area contributed by atoms with Gasteiger partial charge in [-0.05, 0) is 12.0 Å². The van der Waals surface area contributed by atoms with Crippen LogP contribution >= 0.6 is 11.8 Å². The number of carbonyl (C=O) groups is 1. The highest BCUT2D eigenvalue weighted by Gasteiger charge is 2.07. The number of hydrogen-bond acceptors (Lipinski definition) is 3. The molecule has 0 fully saturated rings. The molecule has 1 aromatic heterocycles. The number of nitrogens with zero attached hydrogens (tertiary/aromatic N) is 2. The maximum atomic E-state index is 12.0. The molecular weight excluding hydrogens is 244 g/mol. The maximum absolute atomic E-state index is 12.0.